The van der Waals surface area contributed by atoms with Gasteiger partial charge in [0.1, 0.15) is 12.3 Å². The second-order valence-corrected chi connectivity index (χ2v) is 10.6. The number of halogens is 1. The molecular weight excluding hydrogens is 536 g/mol. The second-order valence-electron chi connectivity index (χ2n) is 9.05. The minimum Gasteiger partial charge on any atom is -0.497 e. The highest BCUT2D eigenvalue weighted by Crippen LogP contribution is 2.40. The molecule has 0 heterocycles. The van der Waals surface area contributed by atoms with Gasteiger partial charge in [0.25, 0.3) is 0 Å². The van der Waals surface area contributed by atoms with Crippen LogP contribution in [0, 0.1) is 0 Å². The average molecular weight is 565 g/mol. The molecule has 0 saturated carbocycles. The van der Waals surface area contributed by atoms with Crippen LogP contribution in [-0.4, -0.2) is 41.8 Å². The molecule has 0 amide bonds. The Morgan fingerprint density at radius 3 is 2.08 bits per heavy atom. The summed E-state index contributed by atoms with van der Waals surface area (Å²) in [4.78, 5) is 26.4. The molecular formula is C30H29ClN2O5S. The zero-order chi connectivity index (χ0) is 27.9. The van der Waals surface area contributed by atoms with E-state index in [4.69, 9.17) is 16.3 Å². The molecule has 0 fully saturated rings. The number of fused-ring (bicyclic) bond motifs is 1. The van der Waals surface area contributed by atoms with Gasteiger partial charge < -0.3 is 24.2 Å². The number of carboxylic acid groups (broad SMARTS) is 2. The molecule has 0 aliphatic rings. The number of nitrogens with zero attached hydrogens (tertiary/aromatic N) is 2. The van der Waals surface area contributed by atoms with Gasteiger partial charge in [-0.15, -0.1) is 0 Å². The molecule has 4 aromatic rings. The van der Waals surface area contributed by atoms with Gasteiger partial charge in [-0.05, 0) is 73.0 Å². The number of carboxylic acids is 2. The third-order valence-electron chi connectivity index (χ3n) is 6.28. The quantitative estimate of drug-likeness (QED) is 0.178. The van der Waals surface area contributed by atoms with Crippen LogP contribution >= 0.6 is 23.5 Å². The minimum atomic E-state index is -0.955. The van der Waals surface area contributed by atoms with Crippen molar-refractivity contribution in [3.05, 3.63) is 95.5 Å². The summed E-state index contributed by atoms with van der Waals surface area (Å²) in [6, 6.07) is 26.2. The van der Waals surface area contributed by atoms with Crippen molar-refractivity contribution in [2.45, 2.75) is 30.8 Å². The lowest BCUT2D eigenvalue weighted by Gasteiger charge is -2.33. The summed E-state index contributed by atoms with van der Waals surface area (Å²) < 4.78 is 6.99. The third-order valence-corrected chi connectivity index (χ3v) is 7.56. The fourth-order valence-electron chi connectivity index (χ4n) is 4.42. The number of aliphatic carboxylic acids is 2. The number of anilines is 2. The normalized spacial score (nSPS) is 11.7. The van der Waals surface area contributed by atoms with E-state index in [0.717, 1.165) is 38.4 Å². The summed E-state index contributed by atoms with van der Waals surface area (Å²) >= 11 is 7.42. The molecule has 2 N–H and O–H groups in total. The highest BCUT2D eigenvalue weighted by atomic mass is 35.5. The molecule has 202 valence electrons. The van der Waals surface area contributed by atoms with Gasteiger partial charge >= 0.3 is 11.9 Å². The number of ether oxygens (including phenoxy) is 1. The van der Waals surface area contributed by atoms with Crippen molar-refractivity contribution in [2.24, 2.45) is 0 Å². The highest BCUT2D eigenvalue weighted by Gasteiger charge is 2.23. The molecule has 1 atom stereocenters. The molecule has 39 heavy (non-hydrogen) atoms. The Labute approximate surface area is 236 Å². The van der Waals surface area contributed by atoms with E-state index in [0.29, 0.717) is 11.6 Å². The smallest absolute Gasteiger partial charge is 0.324 e. The van der Waals surface area contributed by atoms with Gasteiger partial charge in [-0.1, -0.05) is 48.0 Å². The number of hydrogen-bond acceptors (Lipinski definition) is 6. The summed E-state index contributed by atoms with van der Waals surface area (Å²) in [5.41, 5.74) is 2.60. The van der Waals surface area contributed by atoms with Crippen molar-refractivity contribution in [1.82, 2.24) is 0 Å². The Balaban J connectivity index is 1.78. The Bertz CT molecular complexity index is 1450. The van der Waals surface area contributed by atoms with E-state index in [1.807, 2.05) is 91.9 Å². The SMILES string of the molecule is COc1ccc(SN(CC(=O)O)c2ccc(N(Cc3ccc(Cl)cc3)[C@@H](C)CC(=O)O)c3ccccc23)cc1. The van der Waals surface area contributed by atoms with E-state index >= 15 is 0 Å². The Morgan fingerprint density at radius 1 is 0.872 bits per heavy atom. The fourth-order valence-corrected chi connectivity index (χ4v) is 5.49. The molecule has 4 aromatic carbocycles. The predicted molar refractivity (Wildman–Crippen MR) is 157 cm³/mol. The van der Waals surface area contributed by atoms with Crippen LogP contribution in [0.3, 0.4) is 0 Å². The third kappa shape index (κ3) is 7.16. The second kappa shape index (κ2) is 12.8. The average Bonchev–Trinajstić information content (AvgIpc) is 2.91. The van der Waals surface area contributed by atoms with Gasteiger partial charge in [-0.25, -0.2) is 0 Å². The number of carbonyl (C=O) groups is 2. The summed E-state index contributed by atoms with van der Waals surface area (Å²) in [6.07, 6.45) is -0.0396. The van der Waals surface area contributed by atoms with Gasteiger partial charge in [0, 0.05) is 39.0 Å². The van der Waals surface area contributed by atoms with Crippen LogP contribution in [0.5, 0.6) is 5.75 Å². The lowest BCUT2D eigenvalue weighted by atomic mass is 10.0. The number of hydrogen-bond donors (Lipinski definition) is 2. The maximum absolute atomic E-state index is 11.9. The van der Waals surface area contributed by atoms with Crippen LogP contribution in [-0.2, 0) is 16.1 Å². The van der Waals surface area contributed by atoms with Gasteiger partial charge in [-0.2, -0.15) is 0 Å². The van der Waals surface area contributed by atoms with Crippen LogP contribution < -0.4 is 13.9 Å². The topological polar surface area (TPSA) is 90.3 Å². The van der Waals surface area contributed by atoms with Crippen molar-refractivity contribution >= 4 is 57.6 Å². The van der Waals surface area contributed by atoms with Gasteiger partial charge in [0.05, 0.1) is 19.2 Å². The zero-order valence-electron chi connectivity index (χ0n) is 21.6. The molecule has 0 unspecified atom stereocenters. The van der Waals surface area contributed by atoms with Crippen LogP contribution in [0.15, 0.2) is 89.8 Å². The van der Waals surface area contributed by atoms with Crippen LogP contribution in [0.25, 0.3) is 10.8 Å². The van der Waals surface area contributed by atoms with Crippen LogP contribution in [0.2, 0.25) is 5.02 Å². The lowest BCUT2D eigenvalue weighted by molar-refractivity contribution is -0.137. The van der Waals surface area contributed by atoms with Crippen LogP contribution in [0.4, 0.5) is 11.4 Å². The molecule has 4 rings (SSSR count). The maximum atomic E-state index is 11.9. The molecule has 0 radical (unpaired) electrons. The van der Waals surface area contributed by atoms with E-state index < -0.39 is 11.9 Å². The Morgan fingerprint density at radius 2 is 1.49 bits per heavy atom. The Hall–Kier alpha value is -3.88. The lowest BCUT2D eigenvalue weighted by Crippen LogP contribution is -2.34. The number of benzene rings is 4. The van der Waals surface area contributed by atoms with Crippen molar-refractivity contribution < 1.29 is 24.5 Å². The van der Waals surface area contributed by atoms with E-state index in [-0.39, 0.29) is 19.0 Å². The molecule has 0 spiro atoms. The minimum absolute atomic E-state index is 0.0396. The molecule has 0 aliphatic carbocycles. The van der Waals surface area contributed by atoms with Gasteiger partial charge in [0.2, 0.25) is 0 Å². The summed E-state index contributed by atoms with van der Waals surface area (Å²) in [7, 11) is 1.60. The summed E-state index contributed by atoms with van der Waals surface area (Å²) in [5.74, 6) is -1.12. The standard InChI is InChI=1S/C30H29ClN2O5S/c1-20(17-29(34)35)32(18-21-7-9-22(31)10-8-21)27-15-16-28(26-6-4-3-5-25(26)27)33(19-30(36)37)39-24-13-11-23(38-2)12-14-24/h3-16,20H,17-19H2,1-2H3,(H,34,35)(H,36,37)/t20-/m0/s1. The first-order valence-corrected chi connectivity index (χ1v) is 13.5. The van der Waals surface area contributed by atoms with Gasteiger partial charge in [0.15, 0.2) is 0 Å². The Kier molecular flexibility index (Phi) is 9.22. The highest BCUT2D eigenvalue weighted by molar-refractivity contribution is 8.00. The number of rotatable bonds is 12. The first-order chi connectivity index (χ1) is 18.7. The van der Waals surface area contributed by atoms with E-state index in [2.05, 4.69) is 4.90 Å². The maximum Gasteiger partial charge on any atom is 0.324 e. The van der Waals surface area contributed by atoms with Crippen molar-refractivity contribution in [3.8, 4) is 5.75 Å². The predicted octanol–water partition coefficient (Wildman–Crippen LogP) is 6.97. The molecule has 7 nitrogen and oxygen atoms in total. The fraction of sp³-hybridized carbons (Fsp3) is 0.200. The zero-order valence-corrected chi connectivity index (χ0v) is 23.2. The van der Waals surface area contributed by atoms with E-state index in [1.165, 1.54) is 11.9 Å². The van der Waals surface area contributed by atoms with Crippen molar-refractivity contribution in [3.63, 3.8) is 0 Å². The van der Waals surface area contributed by atoms with Crippen LogP contribution in [0.1, 0.15) is 18.9 Å². The van der Waals surface area contributed by atoms with E-state index in [1.54, 1.807) is 11.4 Å². The van der Waals surface area contributed by atoms with Crippen molar-refractivity contribution in [2.75, 3.05) is 22.9 Å². The molecule has 0 aliphatic heterocycles. The molecule has 0 aromatic heterocycles. The number of methoxy groups -OCH3 is 1. The first kappa shape index (κ1) is 28.1. The summed E-state index contributed by atoms with van der Waals surface area (Å²) in [5, 5.41) is 21.7. The molecule has 0 bridgehead atoms. The molecule has 0 saturated heterocycles. The van der Waals surface area contributed by atoms with E-state index in [9.17, 15) is 19.8 Å². The van der Waals surface area contributed by atoms with Gasteiger partial charge in [-0.3, -0.25) is 9.59 Å². The van der Waals surface area contributed by atoms with Crippen molar-refractivity contribution in [1.29, 1.82) is 0 Å². The summed E-state index contributed by atoms with van der Waals surface area (Å²) in [6.45, 7) is 2.15. The monoisotopic (exact) mass is 564 g/mol. The molecule has 9 heteroatoms. The first-order valence-electron chi connectivity index (χ1n) is 12.3. The largest absolute Gasteiger partial charge is 0.497 e.